The minimum atomic E-state index is -4.43. The molecule has 1 amide bonds. The average Bonchev–Trinajstić information content (AvgIpc) is 3.09. The number of aromatic nitrogens is 2. The van der Waals surface area contributed by atoms with Crippen LogP contribution in [0.1, 0.15) is 34.1 Å². The fraction of sp³-hybridized carbons (Fsp3) is 0.467. The zero-order valence-corrected chi connectivity index (χ0v) is 12.5. The summed E-state index contributed by atoms with van der Waals surface area (Å²) in [6.45, 7) is 2.57. The highest BCUT2D eigenvalue weighted by molar-refractivity contribution is 5.92. The minimum Gasteiger partial charge on any atom is -0.459 e. The van der Waals surface area contributed by atoms with Gasteiger partial charge in [-0.1, -0.05) is 0 Å². The number of furan rings is 1. The van der Waals surface area contributed by atoms with E-state index in [1.807, 2.05) is 0 Å². The minimum absolute atomic E-state index is 0.0667. The maximum atomic E-state index is 12.7. The number of nitrogens with zero attached hydrogens (tertiary/aromatic N) is 2. The van der Waals surface area contributed by atoms with E-state index < -0.39 is 11.9 Å². The van der Waals surface area contributed by atoms with Gasteiger partial charge in [-0.05, 0) is 25.3 Å². The summed E-state index contributed by atoms with van der Waals surface area (Å²) >= 11 is 0. The van der Waals surface area contributed by atoms with Crippen molar-refractivity contribution in [3.8, 4) is 0 Å². The Bertz CT molecular complexity index is 718. The summed E-state index contributed by atoms with van der Waals surface area (Å²) in [5.41, 5.74) is -0.110. The van der Waals surface area contributed by atoms with E-state index in [1.165, 1.54) is 10.8 Å². The number of halogens is 3. The molecule has 124 valence electrons. The molecule has 0 bridgehead atoms. The molecule has 23 heavy (non-hydrogen) atoms. The molecule has 2 aromatic heterocycles. The lowest BCUT2D eigenvalue weighted by Crippen LogP contribution is -2.33. The van der Waals surface area contributed by atoms with Crippen molar-refractivity contribution in [1.82, 2.24) is 14.9 Å². The standard InChI is InChI=1S/C15H16F3N3O2/c1-9-4-5-23-13(9)14(22)19-6-10-2-3-12-20-11(15(16,17)18)8-21(12)7-10/h4-5,8,10H,2-3,6-7H2,1H3,(H,19,22). The number of rotatable bonds is 3. The quantitative estimate of drug-likeness (QED) is 0.943. The van der Waals surface area contributed by atoms with Crippen molar-refractivity contribution in [3.05, 3.63) is 41.4 Å². The van der Waals surface area contributed by atoms with E-state index in [0.717, 1.165) is 11.8 Å². The van der Waals surface area contributed by atoms with Crippen LogP contribution in [0.25, 0.3) is 0 Å². The van der Waals surface area contributed by atoms with Crippen LogP contribution in [0, 0.1) is 12.8 Å². The Kier molecular flexibility index (Phi) is 3.91. The number of hydrogen-bond acceptors (Lipinski definition) is 3. The van der Waals surface area contributed by atoms with E-state index in [9.17, 15) is 18.0 Å². The van der Waals surface area contributed by atoms with E-state index >= 15 is 0 Å². The molecule has 1 aliphatic heterocycles. The van der Waals surface area contributed by atoms with Gasteiger partial charge in [0.05, 0.1) is 6.26 Å². The first kappa shape index (κ1) is 15.6. The van der Waals surface area contributed by atoms with E-state index in [4.69, 9.17) is 4.42 Å². The number of nitrogens with one attached hydrogen (secondary N) is 1. The molecule has 1 unspecified atom stereocenters. The molecule has 1 N–H and O–H groups in total. The fourth-order valence-corrected chi connectivity index (χ4v) is 2.74. The molecular formula is C15H16F3N3O2. The van der Waals surface area contributed by atoms with Gasteiger partial charge >= 0.3 is 6.18 Å². The van der Waals surface area contributed by atoms with Crippen LogP contribution in [0.5, 0.6) is 0 Å². The summed E-state index contributed by atoms with van der Waals surface area (Å²) in [5.74, 6) is 0.474. The zero-order valence-electron chi connectivity index (χ0n) is 12.5. The Morgan fingerprint density at radius 3 is 2.96 bits per heavy atom. The first-order chi connectivity index (χ1) is 10.8. The van der Waals surface area contributed by atoms with Crippen LogP contribution in [0.4, 0.5) is 13.2 Å². The highest BCUT2D eigenvalue weighted by Crippen LogP contribution is 2.30. The molecule has 0 spiro atoms. The molecule has 1 atom stereocenters. The topological polar surface area (TPSA) is 60.1 Å². The number of amides is 1. The van der Waals surface area contributed by atoms with Crippen LogP contribution < -0.4 is 5.32 Å². The Balaban J connectivity index is 1.61. The van der Waals surface area contributed by atoms with Gasteiger partial charge in [0.15, 0.2) is 11.5 Å². The van der Waals surface area contributed by atoms with Gasteiger partial charge in [0.1, 0.15) is 5.82 Å². The number of imidazole rings is 1. The van der Waals surface area contributed by atoms with E-state index in [-0.39, 0.29) is 17.6 Å². The molecule has 3 rings (SSSR count). The molecular weight excluding hydrogens is 311 g/mol. The maximum absolute atomic E-state index is 12.7. The van der Waals surface area contributed by atoms with Crippen molar-refractivity contribution >= 4 is 5.91 Å². The Labute approximate surface area is 130 Å². The number of carbonyl (C=O) groups excluding carboxylic acids is 1. The third-order valence-corrected chi connectivity index (χ3v) is 4.00. The molecule has 3 heterocycles. The van der Waals surface area contributed by atoms with E-state index in [1.54, 1.807) is 13.0 Å². The van der Waals surface area contributed by atoms with Gasteiger partial charge in [0.2, 0.25) is 0 Å². The second-order valence-electron chi connectivity index (χ2n) is 5.74. The van der Waals surface area contributed by atoms with Crippen LogP contribution in [0.3, 0.4) is 0 Å². The predicted octanol–water partition coefficient (Wildman–Crippen LogP) is 2.80. The lowest BCUT2D eigenvalue weighted by atomic mass is 9.99. The van der Waals surface area contributed by atoms with Crippen molar-refractivity contribution in [1.29, 1.82) is 0 Å². The lowest BCUT2D eigenvalue weighted by molar-refractivity contribution is -0.141. The predicted molar refractivity (Wildman–Crippen MR) is 74.8 cm³/mol. The molecule has 0 saturated heterocycles. The van der Waals surface area contributed by atoms with Crippen LogP contribution in [0.2, 0.25) is 0 Å². The third kappa shape index (κ3) is 3.25. The zero-order chi connectivity index (χ0) is 16.6. The van der Waals surface area contributed by atoms with Gasteiger partial charge < -0.3 is 14.3 Å². The van der Waals surface area contributed by atoms with Crippen molar-refractivity contribution in [3.63, 3.8) is 0 Å². The SMILES string of the molecule is Cc1ccoc1C(=O)NCC1CCc2nc(C(F)(F)F)cn2C1. The molecule has 0 radical (unpaired) electrons. The molecule has 0 fully saturated rings. The summed E-state index contributed by atoms with van der Waals surface area (Å²) in [6, 6.07) is 1.70. The second-order valence-corrected chi connectivity index (χ2v) is 5.74. The van der Waals surface area contributed by atoms with Gasteiger partial charge in [0.25, 0.3) is 5.91 Å². The molecule has 8 heteroatoms. The number of fused-ring (bicyclic) bond motifs is 1. The summed E-state index contributed by atoms with van der Waals surface area (Å²) in [4.78, 5) is 15.6. The van der Waals surface area contributed by atoms with Crippen molar-refractivity contribution < 1.29 is 22.4 Å². The maximum Gasteiger partial charge on any atom is 0.434 e. The largest absolute Gasteiger partial charge is 0.459 e. The lowest BCUT2D eigenvalue weighted by Gasteiger charge is -2.23. The van der Waals surface area contributed by atoms with E-state index in [0.29, 0.717) is 31.8 Å². The second kappa shape index (κ2) is 5.75. The summed E-state index contributed by atoms with van der Waals surface area (Å²) < 4.78 is 44.7. The van der Waals surface area contributed by atoms with Crippen LogP contribution in [-0.2, 0) is 19.1 Å². The summed E-state index contributed by atoms with van der Waals surface area (Å²) in [7, 11) is 0. The van der Waals surface area contributed by atoms with Gasteiger partial charge in [-0.25, -0.2) is 4.98 Å². The monoisotopic (exact) mass is 327 g/mol. The number of aryl methyl sites for hydroxylation is 2. The van der Waals surface area contributed by atoms with Gasteiger partial charge in [0, 0.05) is 31.3 Å². The van der Waals surface area contributed by atoms with Crippen LogP contribution >= 0.6 is 0 Å². The Hall–Kier alpha value is -2.25. The average molecular weight is 327 g/mol. The Morgan fingerprint density at radius 1 is 1.52 bits per heavy atom. The number of hydrogen-bond donors (Lipinski definition) is 1. The van der Waals surface area contributed by atoms with Crippen molar-refractivity contribution in [2.45, 2.75) is 32.5 Å². The molecule has 5 nitrogen and oxygen atoms in total. The molecule has 0 aliphatic carbocycles. The van der Waals surface area contributed by atoms with Crippen molar-refractivity contribution in [2.24, 2.45) is 5.92 Å². The van der Waals surface area contributed by atoms with Crippen molar-refractivity contribution in [2.75, 3.05) is 6.54 Å². The first-order valence-corrected chi connectivity index (χ1v) is 7.30. The summed E-state index contributed by atoms with van der Waals surface area (Å²) in [5, 5.41) is 2.77. The normalized spacial score (nSPS) is 17.8. The highest BCUT2D eigenvalue weighted by atomic mass is 19.4. The highest BCUT2D eigenvalue weighted by Gasteiger charge is 2.35. The summed E-state index contributed by atoms with van der Waals surface area (Å²) in [6.07, 6.45) is -0.783. The smallest absolute Gasteiger partial charge is 0.434 e. The van der Waals surface area contributed by atoms with E-state index in [2.05, 4.69) is 10.3 Å². The molecule has 2 aromatic rings. The van der Waals surface area contributed by atoms with Gasteiger partial charge in [-0.15, -0.1) is 0 Å². The molecule has 1 aliphatic rings. The van der Waals surface area contributed by atoms with Gasteiger partial charge in [-0.3, -0.25) is 4.79 Å². The van der Waals surface area contributed by atoms with Gasteiger partial charge in [-0.2, -0.15) is 13.2 Å². The number of carbonyl (C=O) groups is 1. The fourth-order valence-electron chi connectivity index (χ4n) is 2.74. The van der Waals surface area contributed by atoms with Crippen LogP contribution in [0.15, 0.2) is 22.9 Å². The number of alkyl halides is 3. The molecule has 0 aromatic carbocycles. The van der Waals surface area contributed by atoms with Crippen LogP contribution in [-0.4, -0.2) is 22.0 Å². The Morgan fingerprint density at radius 2 is 2.30 bits per heavy atom. The first-order valence-electron chi connectivity index (χ1n) is 7.30. The third-order valence-electron chi connectivity index (χ3n) is 4.00. The molecule has 0 saturated carbocycles.